The Bertz CT molecular complexity index is 1140. The van der Waals surface area contributed by atoms with E-state index in [4.69, 9.17) is 0 Å². The zero-order valence-electron chi connectivity index (χ0n) is 19.5. The Morgan fingerprint density at radius 1 is 1.12 bits per heavy atom. The molecular weight excluding hydrogens is 436 g/mol. The lowest BCUT2D eigenvalue weighted by Gasteiger charge is -2.56. The zero-order chi connectivity index (χ0) is 22.8. The lowest BCUT2D eigenvalue weighted by Crippen LogP contribution is -3.12. The van der Waals surface area contributed by atoms with Crippen LogP contribution < -0.4 is 14.6 Å². The van der Waals surface area contributed by atoms with Gasteiger partial charge in [0.2, 0.25) is 5.69 Å². The summed E-state index contributed by atoms with van der Waals surface area (Å²) in [6, 6.07) is 6.05. The van der Waals surface area contributed by atoms with E-state index in [2.05, 4.69) is 16.4 Å². The molecule has 33 heavy (non-hydrogen) atoms. The number of carbonyl (C=O) groups is 1. The van der Waals surface area contributed by atoms with E-state index < -0.39 is 9.84 Å². The van der Waals surface area contributed by atoms with Crippen LogP contribution in [0.1, 0.15) is 67.7 Å². The molecule has 7 nitrogen and oxygen atoms in total. The van der Waals surface area contributed by atoms with Crippen LogP contribution >= 0.6 is 0 Å². The number of amides is 1. The van der Waals surface area contributed by atoms with Crippen molar-refractivity contribution >= 4 is 21.3 Å². The quantitative estimate of drug-likeness (QED) is 0.569. The second-order valence-electron chi connectivity index (χ2n) is 11.5. The number of fused-ring (bicyclic) bond motifs is 1. The highest BCUT2D eigenvalue weighted by Gasteiger charge is 2.52. The second-order valence-corrected chi connectivity index (χ2v) is 13.8. The first-order valence-electron chi connectivity index (χ1n) is 12.6. The third-order valence-electron chi connectivity index (χ3n) is 8.98. The van der Waals surface area contributed by atoms with Crippen molar-refractivity contribution < 1.29 is 22.5 Å². The number of aromatic amines is 1. The summed E-state index contributed by atoms with van der Waals surface area (Å²) in [6.07, 6.45) is 12.2. The Labute approximate surface area is 195 Å². The average Bonchev–Trinajstić information content (AvgIpc) is 3.11. The first kappa shape index (κ1) is 21.6. The molecule has 1 amide bonds. The van der Waals surface area contributed by atoms with Crippen LogP contribution in [0.5, 0.6) is 0 Å². The standard InChI is InChI=1S/C25H34N4O3S/c1-33(31,32)20-5-8-28(9-6-20)16-21-22-4-2-3-7-29(22)23(26-21)24(30)27-25-13-17-10-18(14-25)12-19(11-17)15-25/h2-4,7,17-20H,5-6,8-16H2,1H3,(H,27,30)/p+2. The van der Waals surface area contributed by atoms with Gasteiger partial charge in [-0.2, -0.15) is 4.40 Å². The molecule has 0 unspecified atom stereocenters. The second kappa shape index (κ2) is 7.80. The van der Waals surface area contributed by atoms with E-state index in [1.165, 1.54) is 30.4 Å². The van der Waals surface area contributed by atoms with Crippen LogP contribution in [0, 0.1) is 17.8 Å². The number of rotatable bonds is 5. The number of aromatic nitrogens is 2. The van der Waals surface area contributed by atoms with Crippen molar-refractivity contribution in [1.82, 2.24) is 10.3 Å². The number of likely N-dealkylation sites (tertiary alicyclic amines) is 1. The van der Waals surface area contributed by atoms with Gasteiger partial charge in [0.05, 0.1) is 24.5 Å². The number of H-pyrrole nitrogens is 1. The van der Waals surface area contributed by atoms with Gasteiger partial charge in [-0.05, 0) is 68.4 Å². The summed E-state index contributed by atoms with van der Waals surface area (Å²) < 4.78 is 25.8. The van der Waals surface area contributed by atoms with Crippen LogP contribution in [0.15, 0.2) is 24.4 Å². The molecule has 2 aromatic heterocycles. The smallest absolute Gasteiger partial charge is 0.340 e. The van der Waals surface area contributed by atoms with Gasteiger partial charge in [0, 0.05) is 24.6 Å². The van der Waals surface area contributed by atoms with Crippen molar-refractivity contribution in [3.63, 3.8) is 0 Å². The number of imidazole rings is 1. The normalized spacial score (nSPS) is 35.7. The highest BCUT2D eigenvalue weighted by molar-refractivity contribution is 7.91. The van der Waals surface area contributed by atoms with Gasteiger partial charge in [-0.3, -0.25) is 4.79 Å². The molecule has 8 heteroatoms. The molecule has 0 aromatic carbocycles. The summed E-state index contributed by atoms with van der Waals surface area (Å²) in [5.74, 6) is 2.99. The van der Waals surface area contributed by atoms with Crippen LogP contribution in [-0.4, -0.2) is 49.4 Å². The highest BCUT2D eigenvalue weighted by Crippen LogP contribution is 2.55. The maximum absolute atomic E-state index is 13.6. The summed E-state index contributed by atoms with van der Waals surface area (Å²) >= 11 is 0. The van der Waals surface area contributed by atoms with Crippen molar-refractivity contribution in [3.8, 4) is 0 Å². The molecule has 4 aliphatic carbocycles. The largest absolute Gasteiger partial charge is 0.351 e. The molecule has 1 saturated heterocycles. The van der Waals surface area contributed by atoms with Crippen LogP contribution in [0.3, 0.4) is 0 Å². The molecule has 2 aromatic rings. The number of hydrogen-bond acceptors (Lipinski definition) is 3. The molecule has 4 saturated carbocycles. The van der Waals surface area contributed by atoms with E-state index in [1.807, 2.05) is 22.7 Å². The number of pyridine rings is 1. The zero-order valence-corrected chi connectivity index (χ0v) is 20.3. The fourth-order valence-corrected chi connectivity index (χ4v) is 8.96. The third-order valence-corrected chi connectivity index (χ3v) is 10.7. The molecule has 3 N–H and O–H groups in total. The maximum atomic E-state index is 13.6. The Hall–Kier alpha value is -1.93. The van der Waals surface area contributed by atoms with Crippen LogP contribution in [0.25, 0.3) is 5.52 Å². The Morgan fingerprint density at radius 3 is 2.36 bits per heavy atom. The lowest BCUT2D eigenvalue weighted by molar-refractivity contribution is -0.918. The Balaban J connectivity index is 1.22. The molecule has 1 aliphatic heterocycles. The molecule has 5 aliphatic rings. The summed E-state index contributed by atoms with van der Waals surface area (Å²) in [7, 11) is -2.96. The fraction of sp³-hybridized carbons (Fsp3) is 0.680. The average molecular weight is 473 g/mol. The predicted molar refractivity (Wildman–Crippen MR) is 125 cm³/mol. The van der Waals surface area contributed by atoms with E-state index in [0.29, 0.717) is 18.7 Å². The highest BCUT2D eigenvalue weighted by atomic mass is 32.2. The minimum Gasteiger partial charge on any atom is -0.340 e. The van der Waals surface area contributed by atoms with Gasteiger partial charge < -0.3 is 10.2 Å². The summed E-state index contributed by atoms with van der Waals surface area (Å²) in [6.45, 7) is 2.45. The molecule has 0 spiro atoms. The topological polar surface area (TPSA) is 87.6 Å². The van der Waals surface area contributed by atoms with Gasteiger partial charge in [0.15, 0.2) is 15.4 Å². The number of nitrogens with zero attached hydrogens (tertiary/aromatic N) is 1. The van der Waals surface area contributed by atoms with Crippen LogP contribution in [-0.2, 0) is 16.4 Å². The van der Waals surface area contributed by atoms with E-state index >= 15 is 0 Å². The molecular formula is C25H36N4O3S+2. The maximum Gasteiger partial charge on any atom is 0.351 e. The molecule has 7 rings (SSSR count). The molecule has 3 heterocycles. The van der Waals surface area contributed by atoms with E-state index in [9.17, 15) is 13.2 Å². The van der Waals surface area contributed by atoms with E-state index in [0.717, 1.165) is 67.9 Å². The summed E-state index contributed by atoms with van der Waals surface area (Å²) in [4.78, 5) is 18.4. The number of quaternary nitrogens is 1. The van der Waals surface area contributed by atoms with Crippen LogP contribution in [0.2, 0.25) is 0 Å². The van der Waals surface area contributed by atoms with Gasteiger partial charge in [-0.1, -0.05) is 6.07 Å². The molecule has 4 bridgehead atoms. The number of carbonyl (C=O) groups excluding carboxylic acids is 1. The first-order valence-corrected chi connectivity index (χ1v) is 14.6. The van der Waals surface area contributed by atoms with Gasteiger partial charge in [-0.15, -0.1) is 0 Å². The summed E-state index contributed by atoms with van der Waals surface area (Å²) in [5.41, 5.74) is 2.07. The minimum absolute atomic E-state index is 0.00943. The van der Waals surface area contributed by atoms with Crippen LogP contribution in [0.4, 0.5) is 0 Å². The monoisotopic (exact) mass is 472 g/mol. The number of piperidine rings is 1. The van der Waals surface area contributed by atoms with Crippen molar-refractivity contribution in [1.29, 1.82) is 0 Å². The van der Waals surface area contributed by atoms with Crippen molar-refractivity contribution in [2.75, 3.05) is 19.3 Å². The molecule has 0 radical (unpaired) electrons. The molecule has 5 fully saturated rings. The molecule has 0 atom stereocenters. The SMILES string of the molecule is CS(=O)(=O)C1CC[NH+](Cc2[nH]c(C(=O)NC34CC5CC(CC(C5)C3)C4)[n+]3ccccc23)CC1. The van der Waals surface area contributed by atoms with Gasteiger partial charge in [0.25, 0.3) is 0 Å². The first-order chi connectivity index (χ1) is 15.8. The van der Waals surface area contributed by atoms with Gasteiger partial charge in [0.1, 0.15) is 6.54 Å². The Morgan fingerprint density at radius 2 is 1.76 bits per heavy atom. The summed E-state index contributed by atoms with van der Waals surface area (Å²) in [5, 5.41) is 3.30. The molecule has 178 valence electrons. The van der Waals surface area contributed by atoms with Crippen molar-refractivity contribution in [2.24, 2.45) is 17.8 Å². The van der Waals surface area contributed by atoms with E-state index in [-0.39, 0.29) is 16.7 Å². The number of nitrogens with one attached hydrogen (secondary N) is 3. The number of hydrogen-bond donors (Lipinski definition) is 3. The Kier molecular flexibility index (Phi) is 5.11. The fourth-order valence-electron chi connectivity index (χ4n) is 7.87. The lowest BCUT2D eigenvalue weighted by atomic mass is 9.53. The number of sulfone groups is 1. The van der Waals surface area contributed by atoms with Gasteiger partial charge in [-0.25, -0.2) is 13.4 Å². The van der Waals surface area contributed by atoms with Crippen molar-refractivity contribution in [3.05, 3.63) is 35.9 Å². The van der Waals surface area contributed by atoms with E-state index in [1.54, 1.807) is 0 Å². The van der Waals surface area contributed by atoms with Crippen molar-refractivity contribution in [2.45, 2.75) is 68.7 Å². The van der Waals surface area contributed by atoms with Gasteiger partial charge >= 0.3 is 11.7 Å². The predicted octanol–water partition coefficient (Wildman–Crippen LogP) is 1.04. The third kappa shape index (κ3) is 3.99. The minimum atomic E-state index is -2.96.